The van der Waals surface area contributed by atoms with Crippen LogP contribution in [0.3, 0.4) is 0 Å². The van der Waals surface area contributed by atoms with Crippen LogP contribution >= 0.6 is 0 Å². The maximum atomic E-state index is 12.5. The van der Waals surface area contributed by atoms with Crippen LogP contribution in [0.2, 0.25) is 0 Å². The van der Waals surface area contributed by atoms with Gasteiger partial charge in [-0.15, -0.1) is 0 Å². The summed E-state index contributed by atoms with van der Waals surface area (Å²) in [6.07, 6.45) is 6.23. The molecule has 3 unspecified atom stereocenters. The molecule has 19 heavy (non-hydrogen) atoms. The van der Waals surface area contributed by atoms with Crippen LogP contribution in [0, 0.1) is 17.8 Å². The Balaban J connectivity index is 1.83. The normalized spacial score (nSPS) is 31.9. The van der Waals surface area contributed by atoms with Gasteiger partial charge in [0.05, 0.1) is 24.1 Å². The molecule has 0 aromatic carbocycles. The minimum atomic E-state index is -0.218. The molecule has 1 aliphatic heterocycles. The van der Waals surface area contributed by atoms with Crippen LogP contribution < -0.4 is 0 Å². The highest BCUT2D eigenvalue weighted by Crippen LogP contribution is 2.46. The molecule has 2 heterocycles. The largest absolute Gasteiger partial charge is 0.285 e. The van der Waals surface area contributed by atoms with E-state index in [4.69, 9.17) is 0 Å². The first-order valence-electron chi connectivity index (χ1n) is 6.99. The first kappa shape index (κ1) is 12.4. The second-order valence-electron chi connectivity index (χ2n) is 5.71. The quantitative estimate of drug-likeness (QED) is 0.845. The molecule has 0 spiro atoms. The number of amides is 2. The van der Waals surface area contributed by atoms with E-state index in [0.717, 1.165) is 24.8 Å². The summed E-state index contributed by atoms with van der Waals surface area (Å²) in [5.41, 5.74) is 0.883. The fraction of sp³-hybridized carbons (Fsp3) is 0.643. The van der Waals surface area contributed by atoms with Crippen molar-refractivity contribution in [3.8, 4) is 0 Å². The number of nitrogens with zero attached hydrogens (tertiary/aromatic N) is 2. The van der Waals surface area contributed by atoms with Crippen LogP contribution in [0.4, 0.5) is 0 Å². The van der Waals surface area contributed by atoms with Gasteiger partial charge >= 0.3 is 0 Å². The van der Waals surface area contributed by atoms with E-state index in [1.165, 1.54) is 4.90 Å². The van der Waals surface area contributed by atoms with Crippen molar-refractivity contribution in [2.24, 2.45) is 17.8 Å². The van der Waals surface area contributed by atoms with Gasteiger partial charge in [-0.1, -0.05) is 13.3 Å². The van der Waals surface area contributed by atoms with Crippen LogP contribution in [-0.2, 0) is 9.59 Å². The van der Waals surface area contributed by atoms with Crippen molar-refractivity contribution in [1.29, 1.82) is 0 Å². The Morgan fingerprint density at radius 1 is 1.37 bits per heavy atom. The maximum absolute atomic E-state index is 12.5. The molecule has 1 aromatic heterocycles. The molecular weight excluding hydrogens is 242 g/mol. The van der Waals surface area contributed by atoms with Crippen LogP contribution in [0.1, 0.15) is 44.7 Å². The zero-order valence-corrected chi connectivity index (χ0v) is 11.3. The Hall–Kier alpha value is -1.65. The first-order chi connectivity index (χ1) is 9.13. The van der Waals surface area contributed by atoms with Crippen molar-refractivity contribution in [1.82, 2.24) is 15.1 Å². The molecule has 1 aromatic rings. The van der Waals surface area contributed by atoms with Crippen LogP contribution in [0.25, 0.3) is 0 Å². The summed E-state index contributed by atoms with van der Waals surface area (Å²) in [4.78, 5) is 26.4. The molecule has 3 atom stereocenters. The van der Waals surface area contributed by atoms with E-state index in [2.05, 4.69) is 17.1 Å². The lowest BCUT2D eigenvalue weighted by molar-refractivity contribution is -0.143. The molecule has 2 aliphatic rings. The average molecular weight is 261 g/mol. The molecule has 3 rings (SSSR count). The van der Waals surface area contributed by atoms with Gasteiger partial charge in [0, 0.05) is 11.8 Å². The van der Waals surface area contributed by atoms with Gasteiger partial charge in [-0.25, -0.2) is 0 Å². The predicted molar refractivity (Wildman–Crippen MR) is 68.9 cm³/mol. The van der Waals surface area contributed by atoms with Crippen molar-refractivity contribution < 1.29 is 9.59 Å². The molecule has 2 fully saturated rings. The number of hydrogen-bond acceptors (Lipinski definition) is 3. The van der Waals surface area contributed by atoms with E-state index in [1.807, 2.05) is 6.92 Å². The van der Waals surface area contributed by atoms with Crippen LogP contribution in [-0.4, -0.2) is 26.9 Å². The number of H-pyrrole nitrogens is 1. The lowest BCUT2D eigenvalue weighted by atomic mass is 10.00. The SMILES string of the molecule is CCC1CC2C(=O)N(C(C)c3cn[nH]c3)C(=O)C2C1. The van der Waals surface area contributed by atoms with Crippen molar-refractivity contribution >= 4 is 11.8 Å². The van der Waals surface area contributed by atoms with E-state index in [0.29, 0.717) is 5.92 Å². The number of hydrogen-bond donors (Lipinski definition) is 1. The summed E-state index contributed by atoms with van der Waals surface area (Å²) in [6.45, 7) is 4.02. The molecule has 1 saturated heterocycles. The van der Waals surface area contributed by atoms with Gasteiger partial charge in [-0.3, -0.25) is 19.6 Å². The number of likely N-dealkylation sites (tertiary alicyclic amines) is 1. The number of aromatic nitrogens is 2. The number of fused-ring (bicyclic) bond motifs is 1. The van der Waals surface area contributed by atoms with Crippen molar-refractivity contribution in [2.75, 3.05) is 0 Å². The molecule has 2 amide bonds. The van der Waals surface area contributed by atoms with Crippen LogP contribution in [0.15, 0.2) is 12.4 Å². The number of aromatic amines is 1. The van der Waals surface area contributed by atoms with Gasteiger partial charge in [0.15, 0.2) is 0 Å². The third kappa shape index (κ3) is 1.79. The summed E-state index contributed by atoms with van der Waals surface area (Å²) >= 11 is 0. The second-order valence-corrected chi connectivity index (χ2v) is 5.71. The predicted octanol–water partition coefficient (Wildman–Crippen LogP) is 1.89. The molecule has 1 aliphatic carbocycles. The third-order valence-corrected chi connectivity index (χ3v) is 4.74. The van der Waals surface area contributed by atoms with Crippen molar-refractivity contribution in [3.63, 3.8) is 0 Å². The van der Waals surface area contributed by atoms with Gasteiger partial charge in [0.2, 0.25) is 11.8 Å². The molecule has 102 valence electrons. The fourth-order valence-corrected chi connectivity index (χ4v) is 3.51. The lowest BCUT2D eigenvalue weighted by Crippen LogP contribution is -2.34. The topological polar surface area (TPSA) is 66.1 Å². The fourth-order valence-electron chi connectivity index (χ4n) is 3.51. The van der Waals surface area contributed by atoms with Crippen molar-refractivity contribution in [2.45, 2.75) is 39.2 Å². The van der Waals surface area contributed by atoms with Gasteiger partial charge in [0.1, 0.15) is 0 Å². The Morgan fingerprint density at radius 2 is 2.00 bits per heavy atom. The van der Waals surface area contributed by atoms with Gasteiger partial charge in [-0.2, -0.15) is 5.10 Å². The molecule has 0 bridgehead atoms. The van der Waals surface area contributed by atoms with Gasteiger partial charge < -0.3 is 0 Å². The average Bonchev–Trinajstić information content (AvgIpc) is 3.10. The number of imide groups is 1. The molecular formula is C14H19N3O2. The smallest absolute Gasteiger partial charge is 0.233 e. The second kappa shape index (κ2) is 4.47. The highest BCUT2D eigenvalue weighted by molar-refractivity contribution is 6.05. The molecule has 5 nitrogen and oxygen atoms in total. The highest BCUT2D eigenvalue weighted by atomic mass is 16.2. The van der Waals surface area contributed by atoms with Crippen molar-refractivity contribution in [3.05, 3.63) is 18.0 Å². The van der Waals surface area contributed by atoms with E-state index < -0.39 is 0 Å². The van der Waals surface area contributed by atoms with E-state index in [9.17, 15) is 9.59 Å². The van der Waals surface area contributed by atoms with Gasteiger partial charge in [-0.05, 0) is 25.7 Å². The number of carbonyl (C=O) groups is 2. The molecule has 1 N–H and O–H groups in total. The summed E-state index contributed by atoms with van der Waals surface area (Å²) < 4.78 is 0. The highest BCUT2D eigenvalue weighted by Gasteiger charge is 2.53. The maximum Gasteiger partial charge on any atom is 0.233 e. The zero-order chi connectivity index (χ0) is 13.6. The van der Waals surface area contributed by atoms with E-state index >= 15 is 0 Å². The van der Waals surface area contributed by atoms with E-state index in [-0.39, 0.29) is 29.7 Å². The Bertz CT molecular complexity index is 473. The number of carbonyl (C=O) groups excluding carboxylic acids is 2. The third-order valence-electron chi connectivity index (χ3n) is 4.74. The zero-order valence-electron chi connectivity index (χ0n) is 11.3. The van der Waals surface area contributed by atoms with E-state index in [1.54, 1.807) is 12.4 Å². The molecule has 0 radical (unpaired) electrons. The Labute approximate surface area is 112 Å². The Morgan fingerprint density at radius 3 is 2.47 bits per heavy atom. The summed E-state index contributed by atoms with van der Waals surface area (Å²) in [5.74, 6) is 0.409. The first-order valence-corrected chi connectivity index (χ1v) is 6.99. The minimum absolute atomic E-state index is 0.0136. The number of nitrogens with one attached hydrogen (secondary N) is 1. The molecule has 1 saturated carbocycles. The van der Waals surface area contributed by atoms with Gasteiger partial charge in [0.25, 0.3) is 0 Å². The Kier molecular flexibility index (Phi) is 2.92. The van der Waals surface area contributed by atoms with Crippen LogP contribution in [0.5, 0.6) is 0 Å². The monoisotopic (exact) mass is 261 g/mol. The minimum Gasteiger partial charge on any atom is -0.285 e. The summed E-state index contributed by atoms with van der Waals surface area (Å²) in [5, 5.41) is 6.62. The molecule has 5 heteroatoms. The number of rotatable bonds is 3. The summed E-state index contributed by atoms with van der Waals surface area (Å²) in [6, 6.07) is -0.218. The standard InChI is InChI=1S/C14H19N3O2/c1-3-9-4-11-12(5-9)14(19)17(13(11)18)8(2)10-6-15-16-7-10/h6-9,11-12H,3-5H2,1-2H3,(H,15,16). The lowest BCUT2D eigenvalue weighted by Gasteiger charge is -2.23. The summed E-state index contributed by atoms with van der Waals surface area (Å²) in [7, 11) is 0.